The zero-order valence-corrected chi connectivity index (χ0v) is 10.6. The lowest BCUT2D eigenvalue weighted by molar-refractivity contribution is -0.125. The summed E-state index contributed by atoms with van der Waals surface area (Å²) in [4.78, 5) is 16.0. The molecule has 4 nitrogen and oxygen atoms in total. The number of methoxy groups -OCH3 is 1. The van der Waals surface area contributed by atoms with E-state index in [9.17, 15) is 4.79 Å². The van der Waals surface area contributed by atoms with E-state index in [4.69, 9.17) is 4.74 Å². The molecule has 0 saturated carbocycles. The number of hydrogen-bond acceptors (Lipinski definition) is 3. The summed E-state index contributed by atoms with van der Waals surface area (Å²) >= 11 is 0. The van der Waals surface area contributed by atoms with E-state index in [1.807, 2.05) is 12.1 Å². The molecule has 0 radical (unpaired) electrons. The Labute approximate surface area is 107 Å². The topological polar surface area (TPSA) is 51.2 Å². The second-order valence-corrected chi connectivity index (χ2v) is 4.41. The predicted molar refractivity (Wildman–Crippen MR) is 69.1 cm³/mol. The molecule has 96 valence electrons. The molecule has 1 aliphatic rings. The largest absolute Gasteiger partial charge is 0.481 e. The van der Waals surface area contributed by atoms with Crippen molar-refractivity contribution in [2.45, 2.75) is 25.8 Å². The Kier molecular flexibility index (Phi) is 4.34. The average molecular weight is 246 g/mol. The number of aromatic nitrogens is 1. The normalized spacial score (nSPS) is 18.4. The van der Waals surface area contributed by atoms with E-state index in [0.29, 0.717) is 12.4 Å². The van der Waals surface area contributed by atoms with Crippen molar-refractivity contribution in [2.75, 3.05) is 7.11 Å². The quantitative estimate of drug-likeness (QED) is 0.827. The van der Waals surface area contributed by atoms with Crippen LogP contribution in [0.5, 0.6) is 5.88 Å². The van der Waals surface area contributed by atoms with Crippen molar-refractivity contribution in [3.05, 3.63) is 36.0 Å². The molecule has 4 heteroatoms. The summed E-state index contributed by atoms with van der Waals surface area (Å²) in [5.41, 5.74) is 1.00. The zero-order chi connectivity index (χ0) is 12.8. The molecule has 0 unspecified atom stereocenters. The summed E-state index contributed by atoms with van der Waals surface area (Å²) in [6.45, 7) is 0.526. The van der Waals surface area contributed by atoms with Gasteiger partial charge < -0.3 is 10.1 Å². The maximum Gasteiger partial charge on any atom is 0.223 e. The fourth-order valence-electron chi connectivity index (χ4n) is 2.04. The number of amides is 1. The minimum Gasteiger partial charge on any atom is -0.481 e. The maximum atomic E-state index is 11.9. The molecule has 0 aromatic carbocycles. The van der Waals surface area contributed by atoms with Gasteiger partial charge in [0, 0.05) is 24.7 Å². The highest BCUT2D eigenvalue weighted by molar-refractivity contribution is 5.78. The number of hydrogen-bond donors (Lipinski definition) is 1. The number of ether oxygens (including phenoxy) is 1. The first kappa shape index (κ1) is 12.6. The van der Waals surface area contributed by atoms with Crippen molar-refractivity contribution in [3.63, 3.8) is 0 Å². The summed E-state index contributed by atoms with van der Waals surface area (Å²) in [7, 11) is 1.58. The van der Waals surface area contributed by atoms with E-state index in [2.05, 4.69) is 22.5 Å². The molecule has 1 aromatic heterocycles. The predicted octanol–water partition coefficient (Wildman–Crippen LogP) is 2.06. The first-order valence-corrected chi connectivity index (χ1v) is 6.21. The van der Waals surface area contributed by atoms with Crippen LogP contribution in [0, 0.1) is 5.92 Å². The van der Waals surface area contributed by atoms with Crippen LogP contribution >= 0.6 is 0 Å². The molecule has 0 fully saturated rings. The molecule has 0 spiro atoms. The van der Waals surface area contributed by atoms with Gasteiger partial charge in [-0.3, -0.25) is 4.79 Å². The Morgan fingerprint density at radius 1 is 1.56 bits per heavy atom. The molecule has 18 heavy (non-hydrogen) atoms. The fraction of sp³-hybridized carbons (Fsp3) is 0.429. The van der Waals surface area contributed by atoms with E-state index in [1.165, 1.54) is 0 Å². The van der Waals surface area contributed by atoms with Crippen LogP contribution in [0.15, 0.2) is 30.5 Å². The lowest BCUT2D eigenvalue weighted by atomic mass is 9.93. The number of pyridine rings is 1. The Balaban J connectivity index is 1.86. The molecule has 0 aliphatic heterocycles. The SMILES string of the molecule is COc1cc(CNC(=O)[C@@H]2CC=CCC2)ccn1. The van der Waals surface area contributed by atoms with Crippen LogP contribution in [0.2, 0.25) is 0 Å². The molecule has 2 rings (SSSR count). The lowest BCUT2D eigenvalue weighted by Crippen LogP contribution is -2.30. The number of rotatable bonds is 4. The summed E-state index contributed by atoms with van der Waals surface area (Å²) < 4.78 is 5.05. The van der Waals surface area contributed by atoms with Crippen LogP contribution in [-0.2, 0) is 11.3 Å². The van der Waals surface area contributed by atoms with Gasteiger partial charge in [-0.25, -0.2) is 4.98 Å². The molecular weight excluding hydrogens is 228 g/mol. The maximum absolute atomic E-state index is 11.9. The summed E-state index contributed by atoms with van der Waals surface area (Å²) in [6, 6.07) is 3.71. The van der Waals surface area contributed by atoms with Gasteiger partial charge in [-0.1, -0.05) is 12.2 Å². The third-order valence-corrected chi connectivity index (χ3v) is 3.11. The third kappa shape index (κ3) is 3.32. The Morgan fingerprint density at radius 3 is 3.17 bits per heavy atom. The Hall–Kier alpha value is -1.84. The van der Waals surface area contributed by atoms with Gasteiger partial charge in [0.2, 0.25) is 11.8 Å². The molecule has 0 bridgehead atoms. The van der Waals surface area contributed by atoms with Crippen LogP contribution < -0.4 is 10.1 Å². The van der Waals surface area contributed by atoms with Crippen molar-refractivity contribution >= 4 is 5.91 Å². The standard InChI is InChI=1S/C14H18N2O2/c1-18-13-9-11(7-8-15-13)10-16-14(17)12-5-3-2-4-6-12/h2-3,7-9,12H,4-6,10H2,1H3,(H,16,17)/t12-/m1/s1. The molecular formula is C14H18N2O2. The lowest BCUT2D eigenvalue weighted by Gasteiger charge is -2.17. The number of carbonyl (C=O) groups excluding carboxylic acids is 1. The van der Waals surface area contributed by atoms with Crippen LogP contribution in [0.3, 0.4) is 0 Å². The van der Waals surface area contributed by atoms with E-state index in [1.54, 1.807) is 13.3 Å². The van der Waals surface area contributed by atoms with Gasteiger partial charge in [0.25, 0.3) is 0 Å². The van der Waals surface area contributed by atoms with Crippen LogP contribution in [0.1, 0.15) is 24.8 Å². The second-order valence-electron chi connectivity index (χ2n) is 4.41. The highest BCUT2D eigenvalue weighted by atomic mass is 16.5. The molecule has 1 atom stereocenters. The van der Waals surface area contributed by atoms with E-state index < -0.39 is 0 Å². The minimum absolute atomic E-state index is 0.124. The second kappa shape index (κ2) is 6.19. The van der Waals surface area contributed by atoms with E-state index in [-0.39, 0.29) is 11.8 Å². The molecule has 1 amide bonds. The van der Waals surface area contributed by atoms with Crippen molar-refractivity contribution < 1.29 is 9.53 Å². The fourth-order valence-corrected chi connectivity index (χ4v) is 2.04. The first-order valence-electron chi connectivity index (χ1n) is 6.21. The van der Waals surface area contributed by atoms with E-state index >= 15 is 0 Å². The number of allylic oxidation sites excluding steroid dienone is 2. The summed E-state index contributed by atoms with van der Waals surface area (Å²) in [6.07, 6.45) is 8.71. The van der Waals surface area contributed by atoms with Gasteiger partial charge in [-0.2, -0.15) is 0 Å². The summed E-state index contributed by atoms with van der Waals surface area (Å²) in [5.74, 6) is 0.830. The van der Waals surface area contributed by atoms with Crippen molar-refractivity contribution in [1.82, 2.24) is 10.3 Å². The monoisotopic (exact) mass is 246 g/mol. The van der Waals surface area contributed by atoms with Gasteiger partial charge in [0.15, 0.2) is 0 Å². The van der Waals surface area contributed by atoms with E-state index in [0.717, 1.165) is 24.8 Å². The van der Waals surface area contributed by atoms with Gasteiger partial charge in [-0.05, 0) is 30.9 Å². The Bertz CT molecular complexity index is 443. The smallest absolute Gasteiger partial charge is 0.223 e. The number of nitrogens with zero attached hydrogens (tertiary/aromatic N) is 1. The van der Waals surface area contributed by atoms with Gasteiger partial charge >= 0.3 is 0 Å². The Morgan fingerprint density at radius 2 is 2.44 bits per heavy atom. The number of carbonyl (C=O) groups is 1. The number of nitrogens with one attached hydrogen (secondary N) is 1. The molecule has 1 aliphatic carbocycles. The van der Waals surface area contributed by atoms with Gasteiger partial charge in [0.05, 0.1) is 7.11 Å². The van der Waals surface area contributed by atoms with Gasteiger partial charge in [0.1, 0.15) is 0 Å². The molecule has 1 aromatic rings. The van der Waals surface area contributed by atoms with Crippen molar-refractivity contribution in [3.8, 4) is 5.88 Å². The molecule has 1 N–H and O–H groups in total. The average Bonchev–Trinajstić information content (AvgIpc) is 2.46. The zero-order valence-electron chi connectivity index (χ0n) is 10.6. The van der Waals surface area contributed by atoms with Gasteiger partial charge in [-0.15, -0.1) is 0 Å². The first-order chi connectivity index (χ1) is 8.79. The molecule has 0 saturated heterocycles. The minimum atomic E-state index is 0.124. The molecule has 1 heterocycles. The van der Waals surface area contributed by atoms with Crippen LogP contribution in [-0.4, -0.2) is 18.0 Å². The van der Waals surface area contributed by atoms with Crippen molar-refractivity contribution in [2.24, 2.45) is 5.92 Å². The van der Waals surface area contributed by atoms with Crippen molar-refractivity contribution in [1.29, 1.82) is 0 Å². The third-order valence-electron chi connectivity index (χ3n) is 3.11. The van der Waals surface area contributed by atoms with Crippen LogP contribution in [0.25, 0.3) is 0 Å². The highest BCUT2D eigenvalue weighted by Crippen LogP contribution is 2.18. The highest BCUT2D eigenvalue weighted by Gasteiger charge is 2.17. The summed E-state index contributed by atoms with van der Waals surface area (Å²) in [5, 5.41) is 2.96. The van der Waals surface area contributed by atoms with Crippen LogP contribution in [0.4, 0.5) is 0 Å².